The van der Waals surface area contributed by atoms with Gasteiger partial charge >= 0.3 is 0 Å². The van der Waals surface area contributed by atoms with Crippen LogP contribution in [0.3, 0.4) is 0 Å². The zero-order chi connectivity index (χ0) is 34.3. The monoisotopic (exact) mass is 673 g/mol. The van der Waals surface area contributed by atoms with Crippen LogP contribution in [0.2, 0.25) is 0 Å². The Kier molecular flexibility index (Phi) is 7.56. The second kappa shape index (κ2) is 12.7. The van der Waals surface area contributed by atoms with E-state index in [9.17, 15) is 0 Å². The molecule has 6 heteroatoms. The van der Waals surface area contributed by atoms with Crippen LogP contribution in [-0.4, -0.2) is 24.9 Å². The molecule has 51 heavy (non-hydrogen) atoms. The van der Waals surface area contributed by atoms with E-state index in [0.29, 0.717) is 4.99 Å². The molecule has 0 saturated heterocycles. The molecule has 0 saturated carbocycles. The Balaban J connectivity index is 1.46. The van der Waals surface area contributed by atoms with Crippen LogP contribution in [0.1, 0.15) is 28.3 Å². The summed E-state index contributed by atoms with van der Waals surface area (Å²) in [7, 11) is 0. The molecule has 7 aromatic rings. The number of benzene rings is 4. The molecule has 2 aliphatic heterocycles. The predicted molar refractivity (Wildman–Crippen MR) is 216 cm³/mol. The quantitative estimate of drug-likeness (QED) is 0.159. The molecule has 0 aliphatic carbocycles. The molecule has 0 unspecified atom stereocenters. The first-order valence-electron chi connectivity index (χ1n) is 16.8. The largest absolute Gasteiger partial charge is 0.389 e. The predicted octanol–water partition coefficient (Wildman–Crippen LogP) is 11.0. The van der Waals surface area contributed by atoms with Crippen molar-refractivity contribution >= 4 is 63.6 Å². The van der Waals surface area contributed by atoms with Crippen molar-refractivity contribution in [2.45, 2.75) is 0 Å². The SMILES string of the molecule is NC(=S)c1ccc(-c2c3nc(c(-c4ccccc4)c4ccc([nH]4)c(-c4ccccc4)c4nc(c(-c5ccccc5)c5ccc2[nH]5)C=C4)C=C3)cc1. The third kappa shape index (κ3) is 5.58. The highest BCUT2D eigenvalue weighted by Gasteiger charge is 2.18. The van der Waals surface area contributed by atoms with Crippen LogP contribution in [0.15, 0.2) is 140 Å². The van der Waals surface area contributed by atoms with Crippen LogP contribution in [-0.2, 0) is 0 Å². The Labute approximate surface area is 300 Å². The fraction of sp³-hybridized carbons (Fsp3) is 0. The van der Waals surface area contributed by atoms with E-state index in [-0.39, 0.29) is 0 Å². The van der Waals surface area contributed by atoms with Gasteiger partial charge in [-0.2, -0.15) is 0 Å². The summed E-state index contributed by atoms with van der Waals surface area (Å²) in [5.41, 5.74) is 22.3. The van der Waals surface area contributed by atoms with Gasteiger partial charge in [-0.15, -0.1) is 0 Å². The molecule has 8 bridgehead atoms. The lowest BCUT2D eigenvalue weighted by molar-refractivity contribution is 1.31. The lowest BCUT2D eigenvalue weighted by Crippen LogP contribution is -2.08. The molecular weight excluding hydrogens is 643 g/mol. The zero-order valence-electron chi connectivity index (χ0n) is 27.5. The molecule has 5 nitrogen and oxygen atoms in total. The van der Waals surface area contributed by atoms with Crippen LogP contribution in [0, 0.1) is 0 Å². The van der Waals surface area contributed by atoms with E-state index >= 15 is 0 Å². The fourth-order valence-corrected chi connectivity index (χ4v) is 7.17. The minimum Gasteiger partial charge on any atom is -0.389 e. The van der Waals surface area contributed by atoms with Crippen molar-refractivity contribution < 1.29 is 0 Å². The van der Waals surface area contributed by atoms with Gasteiger partial charge in [0.1, 0.15) is 4.99 Å². The highest BCUT2D eigenvalue weighted by Crippen LogP contribution is 2.38. The topological polar surface area (TPSA) is 83.4 Å². The van der Waals surface area contributed by atoms with Crippen molar-refractivity contribution in [3.8, 4) is 44.5 Å². The molecule has 4 N–H and O–H groups in total. The molecule has 3 aromatic heterocycles. The molecule has 0 amide bonds. The van der Waals surface area contributed by atoms with Crippen LogP contribution < -0.4 is 5.73 Å². The number of nitrogens with one attached hydrogen (secondary N) is 2. The van der Waals surface area contributed by atoms with E-state index in [2.05, 4.69) is 143 Å². The molecule has 9 rings (SSSR count). The number of nitrogens with zero attached hydrogens (tertiary/aromatic N) is 2. The van der Waals surface area contributed by atoms with Gasteiger partial charge < -0.3 is 15.7 Å². The third-order valence-corrected chi connectivity index (χ3v) is 9.64. The lowest BCUT2D eigenvalue weighted by atomic mass is 10.0. The van der Waals surface area contributed by atoms with Crippen molar-refractivity contribution in [2.24, 2.45) is 5.73 Å². The average molecular weight is 674 g/mol. The van der Waals surface area contributed by atoms with E-state index in [4.69, 9.17) is 27.9 Å². The first-order chi connectivity index (χ1) is 25.1. The highest BCUT2D eigenvalue weighted by atomic mass is 32.1. The van der Waals surface area contributed by atoms with Gasteiger partial charge in [0, 0.05) is 49.9 Å². The van der Waals surface area contributed by atoms with Crippen LogP contribution in [0.4, 0.5) is 0 Å². The van der Waals surface area contributed by atoms with Gasteiger partial charge in [0.05, 0.1) is 22.8 Å². The molecular formula is C45H31N5S. The van der Waals surface area contributed by atoms with E-state index in [1.807, 2.05) is 30.3 Å². The summed E-state index contributed by atoms with van der Waals surface area (Å²) in [5, 5.41) is 0. The minimum absolute atomic E-state index is 0.365. The van der Waals surface area contributed by atoms with Crippen LogP contribution in [0.25, 0.3) is 90.9 Å². The number of aromatic nitrogens is 4. The Hall–Kier alpha value is -6.63. The summed E-state index contributed by atoms with van der Waals surface area (Å²) < 4.78 is 0. The lowest BCUT2D eigenvalue weighted by Gasteiger charge is -2.07. The second-order valence-electron chi connectivity index (χ2n) is 12.5. The van der Waals surface area contributed by atoms with E-state index < -0.39 is 0 Å². The molecule has 0 spiro atoms. The maximum atomic E-state index is 5.99. The molecule has 2 aliphatic rings. The Bertz CT molecular complexity index is 2650. The van der Waals surface area contributed by atoms with Crippen molar-refractivity contribution in [2.75, 3.05) is 0 Å². The van der Waals surface area contributed by atoms with Gasteiger partial charge in [-0.25, -0.2) is 9.97 Å². The number of rotatable bonds is 5. The second-order valence-corrected chi connectivity index (χ2v) is 13.0. The molecule has 0 radical (unpaired) electrons. The van der Waals surface area contributed by atoms with Gasteiger partial charge in [0.25, 0.3) is 0 Å². The number of fused-ring (bicyclic) bond motifs is 8. The first-order valence-corrected chi connectivity index (χ1v) is 17.2. The number of nitrogens with two attached hydrogens (primary N) is 1. The Morgan fingerprint density at radius 2 is 0.686 bits per heavy atom. The third-order valence-electron chi connectivity index (χ3n) is 9.40. The fourth-order valence-electron chi connectivity index (χ4n) is 7.04. The smallest absolute Gasteiger partial charge is 0.103 e. The van der Waals surface area contributed by atoms with Gasteiger partial charge in [0.15, 0.2) is 0 Å². The van der Waals surface area contributed by atoms with E-state index in [0.717, 1.165) is 94.9 Å². The number of hydrogen-bond acceptors (Lipinski definition) is 3. The molecule has 0 fully saturated rings. The summed E-state index contributed by atoms with van der Waals surface area (Å²) in [6.45, 7) is 0. The standard InChI is InChI=1S/C45H31N5S/c46-45(51)32-18-16-31(17-19-32)44-39-26-24-37(49-39)42(29-12-6-2-7-13-29)35-22-20-33(47-35)41(28-10-4-1-5-11-28)34-21-23-36(48-34)43(30-14-8-3-9-15-30)38-25-27-40(44)50-38/h1-27,47,50H,(H2,46,51). The average Bonchev–Trinajstić information content (AvgIpc) is 4.01. The van der Waals surface area contributed by atoms with E-state index in [1.165, 1.54) is 0 Å². The van der Waals surface area contributed by atoms with Gasteiger partial charge in [0.2, 0.25) is 0 Å². The maximum absolute atomic E-state index is 5.99. The van der Waals surface area contributed by atoms with Crippen molar-refractivity contribution in [1.82, 2.24) is 19.9 Å². The zero-order valence-corrected chi connectivity index (χ0v) is 28.3. The molecule has 4 aromatic carbocycles. The van der Waals surface area contributed by atoms with Crippen LogP contribution in [0.5, 0.6) is 0 Å². The Morgan fingerprint density at radius 1 is 0.392 bits per heavy atom. The molecule has 5 heterocycles. The summed E-state index contributed by atoms with van der Waals surface area (Å²) in [6, 6.07) is 47.9. The first kappa shape index (κ1) is 30.4. The summed E-state index contributed by atoms with van der Waals surface area (Å²) >= 11 is 5.28. The summed E-state index contributed by atoms with van der Waals surface area (Å²) in [6.07, 6.45) is 8.45. The summed E-state index contributed by atoms with van der Waals surface area (Å²) in [5.74, 6) is 0. The normalized spacial score (nSPS) is 11.9. The number of aromatic amines is 2. The van der Waals surface area contributed by atoms with Crippen molar-refractivity contribution in [1.29, 1.82) is 0 Å². The highest BCUT2D eigenvalue weighted by molar-refractivity contribution is 7.80. The molecule has 242 valence electrons. The van der Waals surface area contributed by atoms with E-state index in [1.54, 1.807) is 0 Å². The number of H-pyrrole nitrogens is 2. The van der Waals surface area contributed by atoms with Crippen LogP contribution >= 0.6 is 12.2 Å². The van der Waals surface area contributed by atoms with Gasteiger partial charge in [-0.1, -0.05) is 127 Å². The minimum atomic E-state index is 0.365. The maximum Gasteiger partial charge on any atom is 0.103 e. The van der Waals surface area contributed by atoms with Crippen molar-refractivity contribution in [3.05, 3.63) is 168 Å². The molecule has 0 atom stereocenters. The number of hydrogen-bond donors (Lipinski definition) is 3. The van der Waals surface area contributed by atoms with Gasteiger partial charge in [-0.3, -0.25) is 0 Å². The van der Waals surface area contributed by atoms with Gasteiger partial charge in [-0.05, 0) is 70.8 Å². The number of thiocarbonyl (C=S) groups is 1. The Morgan fingerprint density at radius 3 is 0.980 bits per heavy atom. The van der Waals surface area contributed by atoms with Crippen molar-refractivity contribution in [3.63, 3.8) is 0 Å². The summed E-state index contributed by atoms with van der Waals surface area (Å²) in [4.78, 5) is 18.7.